The molecule has 0 fully saturated rings. The zero-order valence-corrected chi connectivity index (χ0v) is 6.58. The molecule has 1 aromatic heterocycles. The van der Waals surface area contributed by atoms with Crippen molar-refractivity contribution in [3.05, 3.63) is 27.7 Å². The predicted molar refractivity (Wildman–Crippen MR) is 40.2 cm³/mol. The fourth-order valence-electron chi connectivity index (χ4n) is 0.860. The predicted octanol–water partition coefficient (Wildman–Crippen LogP) is 1.65. The molecule has 8 heteroatoms. The van der Waals surface area contributed by atoms with Gasteiger partial charge in [0, 0.05) is 0 Å². The van der Waals surface area contributed by atoms with Crippen molar-refractivity contribution >= 4 is 11.5 Å². The Balaban J connectivity index is 3.45. The first-order valence-electron chi connectivity index (χ1n) is 3.31. The number of nitrogen functional groups attached to an aromatic ring is 1. The summed E-state index contributed by atoms with van der Waals surface area (Å²) in [5.41, 5.74) is 2.48. The number of alkyl halides is 2. The first-order valence-corrected chi connectivity index (χ1v) is 3.31. The Kier molecular flexibility index (Phi) is 2.54. The molecule has 0 saturated heterocycles. The van der Waals surface area contributed by atoms with Gasteiger partial charge in [0.2, 0.25) is 0 Å². The summed E-state index contributed by atoms with van der Waals surface area (Å²) in [5.74, 6) is -2.33. The largest absolute Gasteiger partial charge is 0.381 e. The van der Waals surface area contributed by atoms with Crippen molar-refractivity contribution < 1.29 is 18.1 Å². The van der Waals surface area contributed by atoms with Crippen LogP contribution in [0.4, 0.5) is 24.7 Å². The third-order valence-corrected chi connectivity index (χ3v) is 1.48. The van der Waals surface area contributed by atoms with Gasteiger partial charge in [-0.3, -0.25) is 10.1 Å². The van der Waals surface area contributed by atoms with Crippen LogP contribution in [0.25, 0.3) is 0 Å². The molecule has 2 N–H and O–H groups in total. The second-order valence-corrected chi connectivity index (χ2v) is 2.31. The number of hydrogen-bond acceptors (Lipinski definition) is 4. The molecule has 0 atom stereocenters. The number of nitrogens with zero attached hydrogens (tertiary/aromatic N) is 2. The number of nitrogens with two attached hydrogens (primary N) is 1. The molecule has 1 rings (SSSR count). The fraction of sp³-hybridized carbons (Fsp3) is 0.167. The fourth-order valence-corrected chi connectivity index (χ4v) is 0.860. The third-order valence-electron chi connectivity index (χ3n) is 1.48. The maximum Gasteiger partial charge on any atom is 0.299 e. The molecule has 0 aromatic carbocycles. The molecule has 0 unspecified atom stereocenters. The van der Waals surface area contributed by atoms with E-state index in [1.54, 1.807) is 0 Å². The molecule has 5 nitrogen and oxygen atoms in total. The van der Waals surface area contributed by atoms with Gasteiger partial charge in [0.1, 0.15) is 11.8 Å². The van der Waals surface area contributed by atoms with E-state index in [-0.39, 0.29) is 0 Å². The van der Waals surface area contributed by atoms with Gasteiger partial charge in [-0.05, 0) is 0 Å². The lowest BCUT2D eigenvalue weighted by Gasteiger charge is -2.03. The number of rotatable bonds is 2. The lowest BCUT2D eigenvalue weighted by molar-refractivity contribution is -0.386. The van der Waals surface area contributed by atoms with Gasteiger partial charge in [-0.15, -0.1) is 0 Å². The molecule has 1 aromatic rings. The number of hydrogen-bond donors (Lipinski definition) is 1. The van der Waals surface area contributed by atoms with Gasteiger partial charge in [-0.25, -0.2) is 18.2 Å². The standard InChI is InChI=1S/C6H4F3N3O2/c7-4-3(5(8)9)2(12(13)14)1-11-6(4)10/h1,5H,(H2,10,11). The Labute approximate surface area is 75.5 Å². The summed E-state index contributed by atoms with van der Waals surface area (Å²) in [6, 6.07) is 0. The van der Waals surface area contributed by atoms with Crippen LogP contribution >= 0.6 is 0 Å². The molecule has 76 valence electrons. The van der Waals surface area contributed by atoms with Crippen molar-refractivity contribution in [3.63, 3.8) is 0 Å². The summed E-state index contributed by atoms with van der Waals surface area (Å²) in [7, 11) is 0. The topological polar surface area (TPSA) is 82.0 Å². The van der Waals surface area contributed by atoms with Crippen LogP contribution in [-0.2, 0) is 0 Å². The Bertz CT molecular complexity index is 383. The summed E-state index contributed by atoms with van der Waals surface area (Å²) in [5, 5.41) is 10.2. The lowest BCUT2D eigenvalue weighted by Crippen LogP contribution is -2.05. The van der Waals surface area contributed by atoms with Gasteiger partial charge >= 0.3 is 0 Å². The number of nitro groups is 1. The zero-order valence-electron chi connectivity index (χ0n) is 6.58. The van der Waals surface area contributed by atoms with Crippen molar-refractivity contribution in [2.75, 3.05) is 5.73 Å². The van der Waals surface area contributed by atoms with Crippen LogP contribution < -0.4 is 5.73 Å². The van der Waals surface area contributed by atoms with Crippen LogP contribution in [0.3, 0.4) is 0 Å². The van der Waals surface area contributed by atoms with Crippen molar-refractivity contribution in [1.29, 1.82) is 0 Å². The maximum atomic E-state index is 12.9. The quantitative estimate of drug-likeness (QED) is 0.590. The van der Waals surface area contributed by atoms with Crippen LogP contribution in [0.15, 0.2) is 6.20 Å². The molecule has 0 spiro atoms. The van der Waals surface area contributed by atoms with Crippen molar-refractivity contribution in [3.8, 4) is 0 Å². The van der Waals surface area contributed by atoms with Gasteiger partial charge in [0.25, 0.3) is 12.1 Å². The minimum Gasteiger partial charge on any atom is -0.381 e. The molecule has 0 aliphatic rings. The highest BCUT2D eigenvalue weighted by Gasteiger charge is 2.28. The van der Waals surface area contributed by atoms with Crippen LogP contribution in [0, 0.1) is 15.9 Å². The van der Waals surface area contributed by atoms with Gasteiger partial charge < -0.3 is 5.73 Å². The van der Waals surface area contributed by atoms with Gasteiger partial charge in [-0.1, -0.05) is 0 Å². The summed E-state index contributed by atoms with van der Waals surface area (Å²) in [4.78, 5) is 12.1. The summed E-state index contributed by atoms with van der Waals surface area (Å²) in [6.07, 6.45) is -2.81. The van der Waals surface area contributed by atoms with Crippen LogP contribution in [0.5, 0.6) is 0 Å². The van der Waals surface area contributed by atoms with E-state index in [0.29, 0.717) is 6.20 Å². The van der Waals surface area contributed by atoms with Crippen LogP contribution in [0.2, 0.25) is 0 Å². The smallest absolute Gasteiger partial charge is 0.299 e. The lowest BCUT2D eigenvalue weighted by atomic mass is 10.2. The Morgan fingerprint density at radius 2 is 2.14 bits per heavy atom. The third kappa shape index (κ3) is 1.58. The Morgan fingerprint density at radius 3 is 2.57 bits per heavy atom. The van der Waals surface area contributed by atoms with Gasteiger partial charge in [0.15, 0.2) is 11.6 Å². The molecule has 0 saturated carbocycles. The Hall–Kier alpha value is -1.86. The zero-order chi connectivity index (χ0) is 10.9. The first-order chi connectivity index (χ1) is 6.45. The van der Waals surface area contributed by atoms with E-state index in [4.69, 9.17) is 5.73 Å². The summed E-state index contributed by atoms with van der Waals surface area (Å²) < 4.78 is 37.3. The minimum atomic E-state index is -3.30. The average molecular weight is 207 g/mol. The van der Waals surface area contributed by atoms with E-state index in [0.717, 1.165) is 0 Å². The molecular weight excluding hydrogens is 203 g/mol. The molecule has 14 heavy (non-hydrogen) atoms. The van der Waals surface area contributed by atoms with E-state index < -0.39 is 34.2 Å². The van der Waals surface area contributed by atoms with E-state index in [9.17, 15) is 23.3 Å². The highest BCUT2D eigenvalue weighted by molar-refractivity contribution is 5.47. The number of pyridine rings is 1. The molecule has 0 radical (unpaired) electrons. The molecule has 1 heterocycles. The van der Waals surface area contributed by atoms with Crippen molar-refractivity contribution in [2.24, 2.45) is 0 Å². The first kappa shape index (κ1) is 10.2. The van der Waals surface area contributed by atoms with Gasteiger partial charge in [-0.2, -0.15) is 0 Å². The monoisotopic (exact) mass is 207 g/mol. The second kappa shape index (κ2) is 3.48. The van der Waals surface area contributed by atoms with E-state index >= 15 is 0 Å². The summed E-state index contributed by atoms with van der Waals surface area (Å²) >= 11 is 0. The molecule has 0 aliphatic carbocycles. The average Bonchev–Trinajstić information content (AvgIpc) is 2.08. The number of anilines is 1. The van der Waals surface area contributed by atoms with Crippen LogP contribution in [0.1, 0.15) is 12.0 Å². The van der Waals surface area contributed by atoms with Crippen molar-refractivity contribution in [1.82, 2.24) is 4.98 Å². The van der Waals surface area contributed by atoms with Crippen molar-refractivity contribution in [2.45, 2.75) is 6.43 Å². The number of halogens is 3. The number of aromatic nitrogens is 1. The summed E-state index contributed by atoms with van der Waals surface area (Å²) in [6.45, 7) is 0. The second-order valence-electron chi connectivity index (χ2n) is 2.31. The molecule has 0 amide bonds. The maximum absolute atomic E-state index is 12.9. The van der Waals surface area contributed by atoms with Gasteiger partial charge in [0.05, 0.1) is 4.92 Å². The SMILES string of the molecule is Nc1ncc([N+](=O)[O-])c(C(F)F)c1F. The molecule has 0 bridgehead atoms. The van der Waals surface area contributed by atoms with Crippen LogP contribution in [-0.4, -0.2) is 9.91 Å². The Morgan fingerprint density at radius 1 is 1.57 bits per heavy atom. The normalized spacial score (nSPS) is 10.6. The van der Waals surface area contributed by atoms with E-state index in [2.05, 4.69) is 4.98 Å². The van der Waals surface area contributed by atoms with E-state index in [1.807, 2.05) is 0 Å². The highest BCUT2D eigenvalue weighted by Crippen LogP contribution is 2.32. The molecule has 0 aliphatic heterocycles. The highest BCUT2D eigenvalue weighted by atomic mass is 19.3. The van der Waals surface area contributed by atoms with E-state index in [1.165, 1.54) is 0 Å². The molecular formula is C6H4F3N3O2. The minimum absolute atomic E-state index is 0.500.